The molecule has 1 atom stereocenters. The molecule has 0 aliphatic heterocycles. The Balaban J connectivity index is 2.67. The van der Waals surface area contributed by atoms with Crippen molar-refractivity contribution >= 4 is 21.7 Å². The molecule has 0 aromatic heterocycles. The van der Waals surface area contributed by atoms with Gasteiger partial charge >= 0.3 is 0 Å². The van der Waals surface area contributed by atoms with Gasteiger partial charge < -0.3 is 0 Å². The third kappa shape index (κ3) is 3.75. The lowest BCUT2D eigenvalue weighted by Gasteiger charge is -2.06. The first kappa shape index (κ1) is 13.4. The minimum Gasteiger partial charge on any atom is -0.293 e. The zero-order valence-corrected chi connectivity index (χ0v) is 11.6. The van der Waals surface area contributed by atoms with Gasteiger partial charge in [-0.25, -0.2) is 0 Å². The van der Waals surface area contributed by atoms with Crippen molar-refractivity contribution in [1.82, 2.24) is 0 Å². The number of aryl methyl sites for hydroxylation is 1. The molecule has 0 radical (unpaired) electrons. The van der Waals surface area contributed by atoms with Crippen LogP contribution in [-0.2, 0) is 6.42 Å². The fourth-order valence-electron chi connectivity index (χ4n) is 1.58. The average Bonchev–Trinajstić information content (AvgIpc) is 2.35. The number of Topliss-reactive ketones (excluding diaryl/α,β-unsaturated/α-hetero) is 1. The van der Waals surface area contributed by atoms with Gasteiger partial charge in [-0.05, 0) is 24.8 Å². The van der Waals surface area contributed by atoms with Crippen molar-refractivity contribution in [2.45, 2.75) is 44.4 Å². The Morgan fingerprint density at radius 3 is 2.38 bits per heavy atom. The minimum absolute atomic E-state index is 0.0472. The van der Waals surface area contributed by atoms with Crippen molar-refractivity contribution in [2.75, 3.05) is 0 Å². The molecular formula is C14H19BrO. The Hall–Kier alpha value is -0.630. The first-order valence-electron chi connectivity index (χ1n) is 5.96. The van der Waals surface area contributed by atoms with Crippen molar-refractivity contribution in [3.63, 3.8) is 0 Å². The van der Waals surface area contributed by atoms with Crippen LogP contribution in [0.5, 0.6) is 0 Å². The molecule has 0 spiro atoms. The molecule has 0 fully saturated rings. The summed E-state index contributed by atoms with van der Waals surface area (Å²) in [6.07, 6.45) is 4.36. The molecule has 0 saturated carbocycles. The molecule has 1 rings (SSSR count). The Bertz CT molecular complexity index is 329. The van der Waals surface area contributed by atoms with Crippen LogP contribution in [0.4, 0.5) is 0 Å². The smallest absolute Gasteiger partial charge is 0.176 e. The lowest BCUT2D eigenvalue weighted by molar-refractivity contribution is 0.0990. The highest BCUT2D eigenvalue weighted by molar-refractivity contribution is 9.10. The second-order valence-electron chi connectivity index (χ2n) is 4.04. The Morgan fingerprint density at radius 2 is 1.88 bits per heavy atom. The van der Waals surface area contributed by atoms with E-state index in [0.29, 0.717) is 0 Å². The fourth-order valence-corrected chi connectivity index (χ4v) is 1.85. The summed E-state index contributed by atoms with van der Waals surface area (Å²) in [6, 6.07) is 8.02. The van der Waals surface area contributed by atoms with Gasteiger partial charge in [-0.1, -0.05) is 60.5 Å². The molecule has 16 heavy (non-hydrogen) atoms. The first-order chi connectivity index (χ1) is 7.69. The van der Waals surface area contributed by atoms with Crippen LogP contribution in [0.1, 0.15) is 49.0 Å². The highest BCUT2D eigenvalue weighted by Gasteiger charge is 2.14. The van der Waals surface area contributed by atoms with Gasteiger partial charge in [0, 0.05) is 5.56 Å². The molecule has 0 saturated heterocycles. The summed E-state index contributed by atoms with van der Waals surface area (Å²) < 4.78 is 0. The SMILES string of the molecule is CCCCc1ccc(C(=O)C(Br)CC)cc1. The van der Waals surface area contributed by atoms with Crippen LogP contribution < -0.4 is 0 Å². The maximum Gasteiger partial charge on any atom is 0.176 e. The molecule has 0 aliphatic rings. The zero-order valence-electron chi connectivity index (χ0n) is 10.0. The van der Waals surface area contributed by atoms with Crippen LogP contribution in [-0.4, -0.2) is 10.6 Å². The summed E-state index contributed by atoms with van der Waals surface area (Å²) in [6.45, 7) is 4.20. The second kappa shape index (κ2) is 6.85. The monoisotopic (exact) mass is 282 g/mol. The summed E-state index contributed by atoms with van der Waals surface area (Å²) in [5.74, 6) is 0.185. The van der Waals surface area contributed by atoms with Crippen molar-refractivity contribution < 1.29 is 4.79 Å². The molecule has 2 heteroatoms. The lowest BCUT2D eigenvalue weighted by atomic mass is 10.0. The number of carbonyl (C=O) groups is 1. The van der Waals surface area contributed by atoms with E-state index in [2.05, 4.69) is 35.0 Å². The van der Waals surface area contributed by atoms with Crippen molar-refractivity contribution in [1.29, 1.82) is 0 Å². The standard InChI is InChI=1S/C14H19BrO/c1-3-5-6-11-7-9-12(10-8-11)14(16)13(15)4-2/h7-10,13H,3-6H2,1-2H3. The van der Waals surface area contributed by atoms with E-state index in [4.69, 9.17) is 0 Å². The van der Waals surface area contributed by atoms with Gasteiger partial charge in [0.25, 0.3) is 0 Å². The molecule has 1 aromatic carbocycles. The molecule has 0 N–H and O–H groups in total. The Labute approximate surface area is 106 Å². The third-order valence-corrected chi connectivity index (χ3v) is 3.76. The number of ketones is 1. The van der Waals surface area contributed by atoms with Gasteiger partial charge in [-0.2, -0.15) is 0 Å². The molecule has 0 bridgehead atoms. The second-order valence-corrected chi connectivity index (χ2v) is 5.15. The van der Waals surface area contributed by atoms with Crippen LogP contribution in [0.15, 0.2) is 24.3 Å². The quantitative estimate of drug-likeness (QED) is 0.559. The van der Waals surface area contributed by atoms with E-state index in [0.717, 1.165) is 18.4 Å². The van der Waals surface area contributed by atoms with E-state index in [-0.39, 0.29) is 10.6 Å². The first-order valence-corrected chi connectivity index (χ1v) is 6.87. The topological polar surface area (TPSA) is 17.1 Å². The molecule has 1 aromatic rings. The number of carbonyl (C=O) groups excluding carboxylic acids is 1. The number of unbranched alkanes of at least 4 members (excludes halogenated alkanes) is 1. The van der Waals surface area contributed by atoms with Crippen molar-refractivity contribution in [3.05, 3.63) is 35.4 Å². The van der Waals surface area contributed by atoms with Gasteiger partial charge in [-0.3, -0.25) is 4.79 Å². The predicted octanol–water partition coefficient (Wildman–Crippen LogP) is 4.39. The van der Waals surface area contributed by atoms with Gasteiger partial charge in [0.1, 0.15) is 0 Å². The molecule has 88 valence electrons. The summed E-state index contributed by atoms with van der Waals surface area (Å²) in [5.41, 5.74) is 2.13. The van der Waals surface area contributed by atoms with Crippen LogP contribution in [0.3, 0.4) is 0 Å². The summed E-state index contributed by atoms with van der Waals surface area (Å²) in [7, 11) is 0. The van der Waals surface area contributed by atoms with Gasteiger partial charge in [0.2, 0.25) is 0 Å². The summed E-state index contributed by atoms with van der Waals surface area (Å²) in [4.78, 5) is 11.8. The molecule has 0 amide bonds. The van der Waals surface area contributed by atoms with Gasteiger partial charge in [0.05, 0.1) is 4.83 Å². The number of rotatable bonds is 6. The number of alkyl halides is 1. The third-order valence-electron chi connectivity index (χ3n) is 2.70. The Kier molecular flexibility index (Phi) is 5.75. The zero-order chi connectivity index (χ0) is 12.0. The highest BCUT2D eigenvalue weighted by Crippen LogP contribution is 2.15. The normalized spacial score (nSPS) is 12.4. The van der Waals surface area contributed by atoms with E-state index in [1.807, 2.05) is 19.1 Å². The van der Waals surface area contributed by atoms with Crippen molar-refractivity contribution in [3.8, 4) is 0 Å². The van der Waals surface area contributed by atoms with E-state index < -0.39 is 0 Å². The maximum absolute atomic E-state index is 11.9. The predicted molar refractivity (Wildman–Crippen MR) is 72.4 cm³/mol. The molecule has 0 aliphatic carbocycles. The molecule has 1 nitrogen and oxygen atoms in total. The number of hydrogen-bond donors (Lipinski definition) is 0. The average molecular weight is 283 g/mol. The molecular weight excluding hydrogens is 264 g/mol. The van der Waals surface area contributed by atoms with E-state index >= 15 is 0 Å². The largest absolute Gasteiger partial charge is 0.293 e. The minimum atomic E-state index is -0.0472. The van der Waals surface area contributed by atoms with E-state index in [1.54, 1.807) is 0 Å². The van der Waals surface area contributed by atoms with E-state index in [9.17, 15) is 4.79 Å². The van der Waals surface area contributed by atoms with Crippen LogP contribution in [0, 0.1) is 0 Å². The van der Waals surface area contributed by atoms with Crippen LogP contribution in [0.2, 0.25) is 0 Å². The van der Waals surface area contributed by atoms with E-state index in [1.165, 1.54) is 18.4 Å². The number of benzene rings is 1. The summed E-state index contributed by atoms with van der Waals surface area (Å²) in [5, 5.41) is 0. The lowest BCUT2D eigenvalue weighted by Crippen LogP contribution is -2.12. The molecule has 0 heterocycles. The van der Waals surface area contributed by atoms with Crippen molar-refractivity contribution in [2.24, 2.45) is 0 Å². The fraction of sp³-hybridized carbons (Fsp3) is 0.500. The van der Waals surface area contributed by atoms with Gasteiger partial charge in [-0.15, -0.1) is 0 Å². The molecule has 1 unspecified atom stereocenters. The van der Waals surface area contributed by atoms with Crippen LogP contribution in [0.25, 0.3) is 0 Å². The number of hydrogen-bond acceptors (Lipinski definition) is 1. The Morgan fingerprint density at radius 1 is 1.25 bits per heavy atom. The summed E-state index contributed by atoms with van der Waals surface area (Å²) >= 11 is 3.39. The highest BCUT2D eigenvalue weighted by atomic mass is 79.9. The van der Waals surface area contributed by atoms with Gasteiger partial charge in [0.15, 0.2) is 5.78 Å². The maximum atomic E-state index is 11.9. The number of halogens is 1. The van der Waals surface area contributed by atoms with Crippen LogP contribution >= 0.6 is 15.9 Å².